The predicted molar refractivity (Wildman–Crippen MR) is 75.4 cm³/mol. The molecule has 0 amide bonds. The Hall–Kier alpha value is -1.85. The van der Waals surface area contributed by atoms with Gasteiger partial charge in [-0.05, 0) is 31.6 Å². The average molecular weight is 264 g/mol. The number of aromatic nitrogens is 1. The van der Waals surface area contributed by atoms with E-state index in [0.29, 0.717) is 24.1 Å². The van der Waals surface area contributed by atoms with E-state index in [2.05, 4.69) is 22.5 Å². The van der Waals surface area contributed by atoms with Gasteiger partial charge in [0, 0.05) is 13.1 Å². The Morgan fingerprint density at radius 3 is 2.58 bits per heavy atom. The lowest BCUT2D eigenvalue weighted by Crippen LogP contribution is -2.14. The van der Waals surface area contributed by atoms with Gasteiger partial charge in [0.15, 0.2) is 0 Å². The molecule has 1 unspecified atom stereocenters. The maximum absolute atomic E-state index is 10.9. The fraction of sp³-hybridized carbons (Fsp3) is 0.615. The molecule has 19 heavy (non-hydrogen) atoms. The summed E-state index contributed by atoms with van der Waals surface area (Å²) in [7, 11) is 0. The van der Waals surface area contributed by atoms with Crippen molar-refractivity contribution in [3.63, 3.8) is 0 Å². The van der Waals surface area contributed by atoms with Gasteiger partial charge in [-0.1, -0.05) is 6.92 Å². The second-order valence-corrected chi connectivity index (χ2v) is 5.08. The minimum absolute atomic E-state index is 0.0625. The molecule has 0 aliphatic heterocycles. The second kappa shape index (κ2) is 5.86. The first-order valence-electron chi connectivity index (χ1n) is 6.74. The highest BCUT2D eigenvalue weighted by molar-refractivity contribution is 5.54. The summed E-state index contributed by atoms with van der Waals surface area (Å²) in [5, 5.41) is 17.1. The van der Waals surface area contributed by atoms with Crippen LogP contribution in [0.2, 0.25) is 0 Å². The van der Waals surface area contributed by atoms with Gasteiger partial charge in [-0.25, -0.2) is 4.98 Å². The Balaban J connectivity index is 2.06. The lowest BCUT2D eigenvalue weighted by Gasteiger charge is -2.12. The van der Waals surface area contributed by atoms with E-state index in [0.717, 1.165) is 12.5 Å². The summed E-state index contributed by atoms with van der Waals surface area (Å²) < 4.78 is 0. The van der Waals surface area contributed by atoms with Crippen LogP contribution in [-0.4, -0.2) is 23.0 Å². The van der Waals surface area contributed by atoms with Gasteiger partial charge in [0.25, 0.3) is 5.69 Å². The van der Waals surface area contributed by atoms with Crippen LogP contribution in [0.4, 0.5) is 17.3 Å². The maximum Gasteiger partial charge on any atom is 0.276 e. The summed E-state index contributed by atoms with van der Waals surface area (Å²) in [5.41, 5.74) is 0.0625. The molecule has 0 aromatic carbocycles. The van der Waals surface area contributed by atoms with E-state index in [1.165, 1.54) is 25.0 Å². The van der Waals surface area contributed by atoms with Gasteiger partial charge in [0.2, 0.25) is 0 Å². The van der Waals surface area contributed by atoms with Crippen LogP contribution < -0.4 is 10.6 Å². The Bertz CT molecular complexity index is 460. The number of nitrogens with zero attached hydrogens (tertiary/aromatic N) is 2. The molecule has 6 heteroatoms. The van der Waals surface area contributed by atoms with Crippen molar-refractivity contribution >= 4 is 17.3 Å². The highest BCUT2D eigenvalue weighted by Gasteiger charge is 2.27. The van der Waals surface area contributed by atoms with E-state index in [9.17, 15) is 10.1 Å². The number of rotatable bonds is 7. The third-order valence-electron chi connectivity index (χ3n) is 3.41. The topological polar surface area (TPSA) is 80.1 Å². The third-order valence-corrected chi connectivity index (χ3v) is 3.41. The van der Waals surface area contributed by atoms with E-state index >= 15 is 0 Å². The molecule has 0 bridgehead atoms. The van der Waals surface area contributed by atoms with Gasteiger partial charge in [-0.3, -0.25) is 10.1 Å². The molecule has 104 valence electrons. The van der Waals surface area contributed by atoms with Crippen molar-refractivity contribution in [2.45, 2.75) is 26.7 Å². The Labute approximate surface area is 112 Å². The van der Waals surface area contributed by atoms with Gasteiger partial charge < -0.3 is 10.6 Å². The van der Waals surface area contributed by atoms with E-state index < -0.39 is 4.92 Å². The molecule has 0 spiro atoms. The molecule has 1 aromatic heterocycles. The van der Waals surface area contributed by atoms with Gasteiger partial charge in [-0.15, -0.1) is 0 Å². The van der Waals surface area contributed by atoms with Crippen molar-refractivity contribution in [1.29, 1.82) is 0 Å². The van der Waals surface area contributed by atoms with Gasteiger partial charge in [-0.2, -0.15) is 0 Å². The molecular formula is C13H20N4O2. The monoisotopic (exact) mass is 264 g/mol. The molecule has 0 radical (unpaired) electrons. The molecule has 2 rings (SSSR count). The maximum atomic E-state index is 10.9. The van der Waals surface area contributed by atoms with Gasteiger partial charge in [0.05, 0.1) is 17.1 Å². The molecule has 1 aromatic rings. The predicted octanol–water partition coefficient (Wildman–Crippen LogP) is 2.88. The summed E-state index contributed by atoms with van der Waals surface area (Å²) in [5.74, 6) is 2.50. The van der Waals surface area contributed by atoms with Crippen LogP contribution in [-0.2, 0) is 0 Å². The number of hydrogen-bond acceptors (Lipinski definition) is 5. The molecule has 0 saturated heterocycles. The zero-order valence-electron chi connectivity index (χ0n) is 11.3. The molecule has 6 nitrogen and oxygen atoms in total. The van der Waals surface area contributed by atoms with Crippen LogP contribution in [0.1, 0.15) is 26.7 Å². The van der Waals surface area contributed by atoms with Crippen molar-refractivity contribution in [2.75, 3.05) is 23.7 Å². The van der Waals surface area contributed by atoms with Crippen LogP contribution in [0.15, 0.2) is 12.1 Å². The molecule has 1 fully saturated rings. The zero-order valence-corrected chi connectivity index (χ0v) is 11.3. The van der Waals surface area contributed by atoms with E-state index in [4.69, 9.17) is 0 Å². The van der Waals surface area contributed by atoms with Crippen LogP contribution in [0.25, 0.3) is 0 Å². The fourth-order valence-electron chi connectivity index (χ4n) is 2.08. The first-order chi connectivity index (χ1) is 9.10. The zero-order chi connectivity index (χ0) is 13.8. The lowest BCUT2D eigenvalue weighted by molar-refractivity contribution is -0.384. The van der Waals surface area contributed by atoms with Crippen molar-refractivity contribution in [2.24, 2.45) is 11.8 Å². The minimum atomic E-state index is -0.391. The van der Waals surface area contributed by atoms with Gasteiger partial charge >= 0.3 is 0 Å². The second-order valence-electron chi connectivity index (χ2n) is 5.08. The largest absolute Gasteiger partial charge is 0.370 e. The molecule has 1 aliphatic carbocycles. The first-order valence-corrected chi connectivity index (χ1v) is 6.74. The molecule has 1 aliphatic rings. The lowest BCUT2D eigenvalue weighted by atomic mass is 10.1. The fourth-order valence-corrected chi connectivity index (χ4v) is 2.08. The summed E-state index contributed by atoms with van der Waals surface area (Å²) in [6.45, 7) is 5.63. The first kappa shape index (κ1) is 13.6. The highest BCUT2D eigenvalue weighted by Crippen LogP contribution is 2.36. The highest BCUT2D eigenvalue weighted by atomic mass is 16.6. The summed E-state index contributed by atoms with van der Waals surface area (Å²) >= 11 is 0. The third kappa shape index (κ3) is 3.81. The van der Waals surface area contributed by atoms with Crippen molar-refractivity contribution in [1.82, 2.24) is 4.98 Å². The Morgan fingerprint density at radius 1 is 1.42 bits per heavy atom. The van der Waals surface area contributed by atoms with Crippen LogP contribution in [0.3, 0.4) is 0 Å². The normalized spacial score (nSPS) is 15.9. The number of nitro groups is 1. The SMILES string of the molecule is CCNc1cc([N+](=O)[O-])cc(NCC(C)C2CC2)n1. The molecule has 1 heterocycles. The van der Waals surface area contributed by atoms with E-state index in [1.54, 1.807) is 0 Å². The number of pyridine rings is 1. The minimum Gasteiger partial charge on any atom is -0.370 e. The van der Waals surface area contributed by atoms with Crippen LogP contribution >= 0.6 is 0 Å². The summed E-state index contributed by atoms with van der Waals surface area (Å²) in [6.07, 6.45) is 2.60. The molecular weight excluding hydrogens is 244 g/mol. The number of anilines is 2. The number of hydrogen-bond donors (Lipinski definition) is 2. The Morgan fingerprint density at radius 2 is 2.05 bits per heavy atom. The van der Waals surface area contributed by atoms with Crippen molar-refractivity contribution in [3.05, 3.63) is 22.2 Å². The molecule has 1 atom stereocenters. The standard InChI is InChI=1S/C13H20N4O2/c1-3-14-12-6-11(17(18)19)7-13(16-12)15-8-9(2)10-4-5-10/h6-7,9-10H,3-5,8H2,1-2H3,(H2,14,15,16). The summed E-state index contributed by atoms with van der Waals surface area (Å²) in [6, 6.07) is 2.94. The van der Waals surface area contributed by atoms with Crippen molar-refractivity contribution < 1.29 is 4.92 Å². The van der Waals surface area contributed by atoms with Crippen LogP contribution in [0, 0.1) is 22.0 Å². The van der Waals surface area contributed by atoms with E-state index in [1.807, 2.05) is 6.92 Å². The van der Waals surface area contributed by atoms with Crippen LogP contribution in [0.5, 0.6) is 0 Å². The summed E-state index contributed by atoms with van der Waals surface area (Å²) in [4.78, 5) is 14.8. The van der Waals surface area contributed by atoms with E-state index in [-0.39, 0.29) is 5.69 Å². The average Bonchev–Trinajstić information content (AvgIpc) is 3.20. The van der Waals surface area contributed by atoms with Gasteiger partial charge in [0.1, 0.15) is 11.6 Å². The Kier molecular flexibility index (Phi) is 4.19. The number of nitrogens with one attached hydrogen (secondary N) is 2. The smallest absolute Gasteiger partial charge is 0.276 e. The molecule has 1 saturated carbocycles. The quantitative estimate of drug-likeness (QED) is 0.584. The molecule has 2 N–H and O–H groups in total. The van der Waals surface area contributed by atoms with Crippen molar-refractivity contribution in [3.8, 4) is 0 Å².